The Morgan fingerprint density at radius 1 is 0.930 bits per heavy atom. The number of hydrogen-bond acceptors (Lipinski definition) is 18. The van der Waals surface area contributed by atoms with E-state index in [4.69, 9.17) is 61.7 Å². The Labute approximate surface area is 419 Å². The molecule has 5 saturated heterocycles. The molecule has 7 rings (SSSR count). The van der Waals surface area contributed by atoms with Crippen LogP contribution in [0.1, 0.15) is 107 Å². The second kappa shape index (κ2) is 24.0. The average molecular weight is 1000 g/mol. The number of aliphatic hydroxyl groups excluding tert-OH is 1. The molecular weight excluding hydrogens is 923 g/mol. The molecule has 6 heterocycles. The Kier molecular flexibility index (Phi) is 18.8. The Morgan fingerprint density at radius 3 is 2.30 bits per heavy atom. The van der Waals surface area contributed by atoms with Crippen LogP contribution in [0.4, 0.5) is 0 Å². The van der Waals surface area contributed by atoms with E-state index >= 15 is 0 Å². The molecule has 20 atom stereocenters. The summed E-state index contributed by atoms with van der Waals surface area (Å²) in [5.41, 5.74) is 0.815. The highest BCUT2D eigenvalue weighted by atomic mass is 16.7. The number of aliphatic hydroxyl groups is 2. The third-order valence-corrected chi connectivity index (χ3v) is 15.7. The molecule has 0 saturated carbocycles. The molecule has 1 spiro atoms. The van der Waals surface area contributed by atoms with Gasteiger partial charge < -0.3 is 71.9 Å². The minimum Gasteiger partial charge on any atom is -0.464 e. The van der Waals surface area contributed by atoms with Crippen molar-refractivity contribution in [3.05, 3.63) is 47.1 Å². The van der Waals surface area contributed by atoms with Crippen molar-refractivity contribution in [2.75, 3.05) is 41.2 Å². The van der Waals surface area contributed by atoms with Crippen LogP contribution in [0.3, 0.4) is 0 Å². The topological polar surface area (TPSA) is 207 Å². The molecule has 5 fully saturated rings. The summed E-state index contributed by atoms with van der Waals surface area (Å²) in [4.78, 5) is 32.0. The zero-order chi connectivity index (χ0) is 51.4. The summed E-state index contributed by atoms with van der Waals surface area (Å²) in [6.45, 7) is 17.7. The van der Waals surface area contributed by atoms with Crippen molar-refractivity contribution >= 4 is 17.7 Å². The van der Waals surface area contributed by atoms with Gasteiger partial charge in [-0.25, -0.2) is 4.79 Å². The van der Waals surface area contributed by atoms with Gasteiger partial charge in [0.15, 0.2) is 18.4 Å². The van der Waals surface area contributed by atoms with Gasteiger partial charge >= 0.3 is 11.9 Å². The fourth-order valence-electron chi connectivity index (χ4n) is 11.7. The molecule has 0 aromatic heterocycles. The predicted molar refractivity (Wildman–Crippen MR) is 258 cm³/mol. The Hall–Kier alpha value is -3.11. The number of nitrogens with zero attached hydrogens (tertiary/aromatic N) is 1. The van der Waals surface area contributed by atoms with E-state index in [0.717, 1.165) is 17.7 Å². The lowest BCUT2D eigenvalue weighted by atomic mass is 9.71. The Balaban J connectivity index is 1.15. The number of rotatable bonds is 13. The second-order valence-corrected chi connectivity index (χ2v) is 20.7. The molecule has 18 nitrogen and oxygen atoms in total. The van der Waals surface area contributed by atoms with Crippen LogP contribution in [0.15, 0.2) is 52.3 Å². The van der Waals surface area contributed by atoms with Gasteiger partial charge in [-0.2, -0.15) is 0 Å². The van der Waals surface area contributed by atoms with Crippen molar-refractivity contribution in [1.29, 1.82) is 0 Å². The quantitative estimate of drug-likeness (QED) is 0.127. The van der Waals surface area contributed by atoms with Gasteiger partial charge in [-0.05, 0) is 63.7 Å². The smallest absolute Gasteiger partial charge is 0.332 e. The van der Waals surface area contributed by atoms with Gasteiger partial charge in [0.2, 0.25) is 0 Å². The minimum atomic E-state index is -1.88. The molecule has 18 heteroatoms. The molecular formula is C53H81NO17. The standard InChI is InChI=1S/C53H81NO17/c1-13-28(3)47-32(7)39(54-61-12)25-52(71-47)24-37-21-36(70-52)19-18-30(5)46(29(4)16-15-17-35-26-64-50-45(56)31(6)20-38(51(57)67-37)53(35,50)58)68-43-23-41(60-11)49(34(9)66-43)69-44-22-40(59-10)48(33(8)65-44)63-27-42(55)62-14-2/h15-18,20,28-29,32-34,36-38,40-41,43-50,56,58H,13-14,19,21-27H2,1-12H3/b16-15+,30-18+,35-17+,54-39+/t28?,29-,32-,33-,34-,36+,37-,38?,40-,41-,43-,44-,45+,46?,47+,48-,49?,50+,52-,53?/m0/s1. The number of hydrogen-bond donors (Lipinski definition) is 2. The van der Waals surface area contributed by atoms with Crippen LogP contribution in [0.25, 0.3) is 0 Å². The maximum atomic E-state index is 14.5. The van der Waals surface area contributed by atoms with Gasteiger partial charge in [-0.1, -0.05) is 69.7 Å². The third-order valence-electron chi connectivity index (χ3n) is 15.7. The molecule has 2 bridgehead atoms. The summed E-state index contributed by atoms with van der Waals surface area (Å²) < 4.78 is 75.9. The lowest BCUT2D eigenvalue weighted by molar-refractivity contribution is -0.324. The average Bonchev–Trinajstić information content (AvgIpc) is 3.68. The first-order valence-corrected chi connectivity index (χ1v) is 25.7. The number of oxime groups is 1. The fourth-order valence-corrected chi connectivity index (χ4v) is 11.7. The summed E-state index contributed by atoms with van der Waals surface area (Å²) in [5.74, 6) is -3.54. The Bertz CT molecular complexity index is 1990. The predicted octanol–water partition coefficient (Wildman–Crippen LogP) is 5.80. The van der Waals surface area contributed by atoms with E-state index in [1.165, 1.54) is 7.11 Å². The van der Waals surface area contributed by atoms with Gasteiger partial charge in [-0.3, -0.25) is 4.79 Å². The highest BCUT2D eigenvalue weighted by molar-refractivity contribution is 5.88. The maximum absolute atomic E-state index is 14.5. The molecule has 1 aliphatic carbocycles. The van der Waals surface area contributed by atoms with E-state index < -0.39 is 109 Å². The number of fused-ring (bicyclic) bond motifs is 2. The molecule has 7 aliphatic rings. The molecule has 0 aromatic carbocycles. The van der Waals surface area contributed by atoms with E-state index in [2.05, 4.69) is 32.0 Å². The highest BCUT2D eigenvalue weighted by Gasteiger charge is 2.60. The van der Waals surface area contributed by atoms with Gasteiger partial charge in [-0.15, -0.1) is 0 Å². The van der Waals surface area contributed by atoms with E-state index in [0.29, 0.717) is 43.3 Å². The zero-order valence-electron chi connectivity index (χ0n) is 43.8. The molecule has 0 aromatic rings. The first kappa shape index (κ1) is 55.6. The van der Waals surface area contributed by atoms with Gasteiger partial charge in [0.25, 0.3) is 0 Å². The molecule has 71 heavy (non-hydrogen) atoms. The van der Waals surface area contributed by atoms with Crippen molar-refractivity contribution in [1.82, 2.24) is 0 Å². The van der Waals surface area contributed by atoms with Crippen LogP contribution < -0.4 is 0 Å². The lowest BCUT2D eigenvalue weighted by Crippen LogP contribution is -2.59. The number of ether oxygens (including phenoxy) is 12. The second-order valence-electron chi connectivity index (χ2n) is 20.7. The van der Waals surface area contributed by atoms with Gasteiger partial charge in [0, 0.05) is 58.2 Å². The van der Waals surface area contributed by atoms with Crippen molar-refractivity contribution in [3.63, 3.8) is 0 Å². The molecule has 0 radical (unpaired) electrons. The van der Waals surface area contributed by atoms with E-state index in [1.54, 1.807) is 40.2 Å². The third kappa shape index (κ3) is 12.2. The van der Waals surface area contributed by atoms with E-state index in [1.807, 2.05) is 39.8 Å². The van der Waals surface area contributed by atoms with Crippen molar-refractivity contribution in [3.8, 4) is 0 Å². The SMILES string of the molecule is CCOC(=O)CO[C@H]1[C@H](C)O[C@@H](OC2[C@H](C)O[C@@H](OC3/C(C)=C/C[C@@H]4C[C@@H](C[C@]5(C/C(=N\OC)[C@H](C)[C@@H](C(C)CC)O5)O4)OC(=O)C4C=C(C)[C@@H](O)[C@H]5OC/C(=C\C=C\[C@@H]3C)C45O)C[C@@H]2OC)C[C@@H]1OC. The summed E-state index contributed by atoms with van der Waals surface area (Å²) in [7, 11) is 4.76. The van der Waals surface area contributed by atoms with Crippen LogP contribution in [0.5, 0.6) is 0 Å². The largest absolute Gasteiger partial charge is 0.464 e. The molecule has 6 aliphatic heterocycles. The first-order valence-electron chi connectivity index (χ1n) is 25.7. The Morgan fingerprint density at radius 2 is 1.62 bits per heavy atom. The van der Waals surface area contributed by atoms with Crippen molar-refractivity contribution in [2.24, 2.45) is 28.8 Å². The molecule has 400 valence electrons. The number of allylic oxidation sites excluding steroid dienone is 2. The van der Waals surface area contributed by atoms with Crippen molar-refractivity contribution < 1.29 is 81.5 Å². The van der Waals surface area contributed by atoms with Crippen LogP contribution in [0.2, 0.25) is 0 Å². The minimum absolute atomic E-state index is 0.00399. The summed E-state index contributed by atoms with van der Waals surface area (Å²) in [6, 6.07) is 0. The van der Waals surface area contributed by atoms with Crippen LogP contribution in [0, 0.1) is 23.7 Å². The summed E-state index contributed by atoms with van der Waals surface area (Å²) >= 11 is 0. The van der Waals surface area contributed by atoms with Crippen LogP contribution in [-0.2, 0) is 71.3 Å². The van der Waals surface area contributed by atoms with Gasteiger partial charge in [0.05, 0.1) is 61.7 Å². The number of carbonyl (C=O) groups excluding carboxylic acids is 2. The van der Waals surface area contributed by atoms with Gasteiger partial charge in [0.1, 0.15) is 55.8 Å². The monoisotopic (exact) mass is 1000 g/mol. The summed E-state index contributed by atoms with van der Waals surface area (Å²) in [5, 5.41) is 28.4. The summed E-state index contributed by atoms with van der Waals surface area (Å²) in [6.07, 6.45) is 3.97. The number of carbonyl (C=O) groups is 2. The highest BCUT2D eigenvalue weighted by Crippen LogP contribution is 2.48. The number of esters is 2. The van der Waals surface area contributed by atoms with E-state index in [-0.39, 0.29) is 50.1 Å². The van der Waals surface area contributed by atoms with E-state index in [9.17, 15) is 19.8 Å². The fraction of sp³-hybridized carbons (Fsp3) is 0.792. The van der Waals surface area contributed by atoms with Crippen LogP contribution in [-0.4, -0.2) is 166 Å². The zero-order valence-corrected chi connectivity index (χ0v) is 43.8. The molecule has 5 unspecified atom stereocenters. The number of methoxy groups -OCH3 is 2. The molecule has 2 N–H and O–H groups in total. The van der Waals surface area contributed by atoms with Crippen molar-refractivity contribution in [2.45, 2.75) is 204 Å². The van der Waals surface area contributed by atoms with Crippen LogP contribution >= 0.6 is 0 Å². The molecule has 0 amide bonds. The normalized spacial score (nSPS) is 45.1. The maximum Gasteiger partial charge on any atom is 0.332 e. The lowest BCUT2D eigenvalue weighted by Gasteiger charge is -2.51. The first-order chi connectivity index (χ1) is 33.9.